The Hall–Kier alpha value is -3.76. The number of ketones is 1. The van der Waals surface area contributed by atoms with Crippen molar-refractivity contribution in [2.24, 2.45) is 28.6 Å². The lowest BCUT2D eigenvalue weighted by Gasteiger charge is -2.62. The molecule has 3 fully saturated rings. The number of rotatable bonds is 5. The molecule has 1 saturated heterocycles. The number of benzene rings is 1. The molecule has 0 spiro atoms. The lowest BCUT2D eigenvalue weighted by Crippen LogP contribution is -2.65. The molecule has 0 unspecified atom stereocenters. The molecule has 1 amide bonds. The number of fused-ring (bicyclic) bond motifs is 3. The molecular weight excluding hydrogens is 528 g/mol. The zero-order valence-corrected chi connectivity index (χ0v) is 22.4. The Morgan fingerprint density at radius 1 is 1.18 bits per heavy atom. The van der Waals surface area contributed by atoms with Gasteiger partial charge in [0.1, 0.15) is 6.10 Å². The molecular formula is C29H31F2NO8. The maximum atomic E-state index is 14.3. The molecule has 5 rings (SSSR count). The monoisotopic (exact) mass is 559 g/mol. The van der Waals surface area contributed by atoms with Gasteiger partial charge in [0.05, 0.1) is 31.5 Å². The van der Waals surface area contributed by atoms with Gasteiger partial charge >= 0.3 is 18.0 Å². The van der Waals surface area contributed by atoms with Gasteiger partial charge in [-0.15, -0.1) is 0 Å². The number of hydrogen-bond acceptors (Lipinski definition) is 8. The predicted octanol–water partition coefficient (Wildman–Crippen LogP) is 5.35. The number of Topliss-reactive ketones (excluding diaryl/α,β-unsaturated/α-hetero) is 1. The van der Waals surface area contributed by atoms with E-state index in [0.717, 1.165) is 18.2 Å². The van der Waals surface area contributed by atoms with Gasteiger partial charge in [0.2, 0.25) is 0 Å². The Bertz CT molecular complexity index is 1330. The summed E-state index contributed by atoms with van der Waals surface area (Å²) < 4.78 is 48.6. The summed E-state index contributed by atoms with van der Waals surface area (Å²) in [4.78, 5) is 53.6. The van der Waals surface area contributed by atoms with E-state index in [1.54, 1.807) is 6.07 Å². The fraction of sp³-hybridized carbons (Fsp3) is 0.517. The van der Waals surface area contributed by atoms with Crippen molar-refractivity contribution in [2.45, 2.75) is 58.2 Å². The van der Waals surface area contributed by atoms with Crippen LogP contribution in [0.2, 0.25) is 0 Å². The van der Waals surface area contributed by atoms with Crippen LogP contribution in [-0.2, 0) is 28.6 Å². The van der Waals surface area contributed by atoms with Crippen LogP contribution in [0, 0.1) is 40.2 Å². The number of ether oxygens (including phenoxy) is 3. The highest BCUT2D eigenvalue weighted by atomic mass is 19.2. The van der Waals surface area contributed by atoms with E-state index in [1.165, 1.54) is 19.6 Å². The van der Waals surface area contributed by atoms with Crippen molar-refractivity contribution < 1.29 is 46.6 Å². The van der Waals surface area contributed by atoms with Crippen molar-refractivity contribution in [1.82, 2.24) is 0 Å². The van der Waals surface area contributed by atoms with Gasteiger partial charge in [-0.05, 0) is 54.7 Å². The van der Waals surface area contributed by atoms with E-state index in [2.05, 4.69) is 5.32 Å². The third-order valence-electron chi connectivity index (χ3n) is 9.32. The normalized spacial score (nSPS) is 33.3. The summed E-state index contributed by atoms with van der Waals surface area (Å²) in [5.74, 6) is -5.81. The Morgan fingerprint density at radius 2 is 1.95 bits per heavy atom. The molecule has 1 aromatic heterocycles. The van der Waals surface area contributed by atoms with Crippen LogP contribution in [0.4, 0.5) is 19.3 Å². The van der Waals surface area contributed by atoms with E-state index in [-0.39, 0.29) is 12.1 Å². The van der Waals surface area contributed by atoms with Crippen LogP contribution in [0.1, 0.15) is 57.6 Å². The van der Waals surface area contributed by atoms with Crippen LogP contribution in [0.5, 0.6) is 0 Å². The minimum atomic E-state index is -1.33. The highest BCUT2D eigenvalue weighted by Crippen LogP contribution is 2.66. The van der Waals surface area contributed by atoms with E-state index >= 15 is 0 Å². The van der Waals surface area contributed by atoms with Gasteiger partial charge in [-0.1, -0.05) is 13.8 Å². The summed E-state index contributed by atoms with van der Waals surface area (Å²) in [6.45, 7) is 3.78. The zero-order valence-electron chi connectivity index (χ0n) is 22.4. The lowest BCUT2D eigenvalue weighted by molar-refractivity contribution is -0.210. The van der Waals surface area contributed by atoms with Crippen LogP contribution < -0.4 is 5.32 Å². The first kappa shape index (κ1) is 27.8. The van der Waals surface area contributed by atoms with Crippen molar-refractivity contribution >= 4 is 29.5 Å². The quantitative estimate of drug-likeness (QED) is 0.384. The number of amides is 1. The van der Waals surface area contributed by atoms with E-state index in [1.807, 2.05) is 13.8 Å². The largest absolute Gasteiger partial charge is 0.472 e. The first-order valence-electron chi connectivity index (χ1n) is 13.3. The van der Waals surface area contributed by atoms with E-state index in [4.69, 9.17) is 18.6 Å². The van der Waals surface area contributed by atoms with Crippen molar-refractivity contribution in [2.75, 3.05) is 12.4 Å². The van der Waals surface area contributed by atoms with Crippen molar-refractivity contribution in [3.63, 3.8) is 0 Å². The third-order valence-corrected chi connectivity index (χ3v) is 9.32. The number of hydrogen-bond donors (Lipinski definition) is 1. The molecule has 2 saturated carbocycles. The Balaban J connectivity index is 1.50. The molecule has 7 atom stereocenters. The number of cyclic esters (lactones) is 1. The minimum Gasteiger partial charge on any atom is -0.472 e. The lowest BCUT2D eigenvalue weighted by atomic mass is 9.42. The standard InChI is InChI=1S/C29H31F2NO8/c1-4-29-9-7-17-26(35)39-22(15-8-10-38-14-15)13-28(17,2)24(29)23(33)21(12-18(29)25(34)37-3)40-27(36)32-16-5-6-19(30)20(31)11-16/h5-6,8,10-11,14,17-18,21-22,24H,4,7,9,12-13H2,1-3H3,(H,32,36)/t17-,18-,21-,22-,24+,28-,29-/m0/s1. The molecule has 1 N–H and O–H groups in total. The van der Waals surface area contributed by atoms with Crippen LogP contribution >= 0.6 is 0 Å². The van der Waals surface area contributed by atoms with E-state index < -0.39 is 76.2 Å². The van der Waals surface area contributed by atoms with E-state index in [0.29, 0.717) is 31.2 Å². The summed E-state index contributed by atoms with van der Waals surface area (Å²) >= 11 is 0. The second kappa shape index (κ2) is 10.3. The number of esters is 2. The molecule has 2 aromatic rings. The number of methoxy groups -OCH3 is 1. The first-order valence-corrected chi connectivity index (χ1v) is 13.3. The molecule has 11 heteroatoms. The van der Waals surface area contributed by atoms with Crippen LogP contribution in [-0.4, -0.2) is 37.0 Å². The topological polar surface area (TPSA) is 121 Å². The number of anilines is 1. The van der Waals surface area contributed by atoms with Gasteiger partial charge in [0.25, 0.3) is 0 Å². The number of nitrogens with one attached hydrogen (secondary N) is 1. The second-order valence-corrected chi connectivity index (χ2v) is 11.2. The number of carbonyl (C=O) groups is 4. The highest BCUT2D eigenvalue weighted by molar-refractivity contribution is 5.94. The minimum absolute atomic E-state index is 0.0674. The zero-order chi connectivity index (χ0) is 28.8. The fourth-order valence-corrected chi connectivity index (χ4v) is 7.49. The summed E-state index contributed by atoms with van der Waals surface area (Å²) in [6, 6.07) is 4.49. The Labute approximate surface area is 229 Å². The van der Waals surface area contributed by atoms with Gasteiger partial charge in [0.15, 0.2) is 23.5 Å². The second-order valence-electron chi connectivity index (χ2n) is 11.2. The molecule has 1 aliphatic heterocycles. The molecule has 9 nitrogen and oxygen atoms in total. The highest BCUT2D eigenvalue weighted by Gasteiger charge is 2.68. The summed E-state index contributed by atoms with van der Waals surface area (Å²) in [7, 11) is 1.27. The molecule has 214 valence electrons. The summed E-state index contributed by atoms with van der Waals surface area (Å²) in [6.07, 6.45) is 1.44. The Morgan fingerprint density at radius 3 is 2.60 bits per heavy atom. The van der Waals surface area contributed by atoms with Crippen molar-refractivity contribution in [3.05, 3.63) is 54.0 Å². The van der Waals surface area contributed by atoms with Gasteiger partial charge in [-0.25, -0.2) is 13.6 Å². The van der Waals surface area contributed by atoms with Gasteiger partial charge in [-0.3, -0.25) is 19.7 Å². The Kier molecular flexibility index (Phi) is 7.18. The molecule has 0 bridgehead atoms. The van der Waals surface area contributed by atoms with Gasteiger partial charge in [0, 0.05) is 29.7 Å². The average Bonchev–Trinajstić information content (AvgIpc) is 3.46. The fourth-order valence-electron chi connectivity index (χ4n) is 7.49. The van der Waals surface area contributed by atoms with Crippen LogP contribution in [0.3, 0.4) is 0 Å². The maximum absolute atomic E-state index is 14.3. The van der Waals surface area contributed by atoms with Crippen LogP contribution in [0.25, 0.3) is 0 Å². The predicted molar refractivity (Wildman–Crippen MR) is 135 cm³/mol. The molecule has 1 aromatic carbocycles. The van der Waals surface area contributed by atoms with Crippen LogP contribution in [0.15, 0.2) is 41.2 Å². The number of carbonyl (C=O) groups excluding carboxylic acids is 4. The number of furan rings is 1. The number of halogens is 2. The van der Waals surface area contributed by atoms with E-state index in [9.17, 15) is 28.0 Å². The molecule has 0 radical (unpaired) electrons. The SMILES string of the molecule is CC[C@@]12CC[C@H]3C(=O)O[C@H](c4ccoc4)C[C@]3(C)[C@H]1C(=O)[C@@H](OC(=O)Nc1ccc(F)c(F)c1)C[C@H]2C(=O)OC. The molecule has 2 aliphatic carbocycles. The summed E-state index contributed by atoms with van der Waals surface area (Å²) in [5.41, 5.74) is -1.16. The summed E-state index contributed by atoms with van der Waals surface area (Å²) in [5, 5.41) is 2.31. The molecule has 40 heavy (non-hydrogen) atoms. The van der Waals surface area contributed by atoms with Crippen molar-refractivity contribution in [3.8, 4) is 0 Å². The van der Waals surface area contributed by atoms with Gasteiger partial charge in [-0.2, -0.15) is 0 Å². The third kappa shape index (κ3) is 4.45. The maximum Gasteiger partial charge on any atom is 0.412 e. The van der Waals surface area contributed by atoms with Gasteiger partial charge < -0.3 is 18.6 Å². The molecule has 3 aliphatic rings. The smallest absolute Gasteiger partial charge is 0.412 e. The molecule has 2 heterocycles. The average molecular weight is 560 g/mol. The first-order chi connectivity index (χ1) is 19.0. The van der Waals surface area contributed by atoms with Crippen molar-refractivity contribution in [1.29, 1.82) is 0 Å².